The number of hydrazone groups is 1. The van der Waals surface area contributed by atoms with Crippen LogP contribution in [0.25, 0.3) is 0 Å². The molecule has 1 heterocycles. The molecule has 0 aliphatic carbocycles. The van der Waals surface area contributed by atoms with Gasteiger partial charge in [-0.05, 0) is 39.0 Å². The highest BCUT2D eigenvalue weighted by Gasteiger charge is 2.26. The third-order valence-corrected chi connectivity index (χ3v) is 2.76. The Morgan fingerprint density at radius 3 is 2.50 bits per heavy atom. The van der Waals surface area contributed by atoms with Gasteiger partial charge < -0.3 is 11.1 Å². The van der Waals surface area contributed by atoms with Gasteiger partial charge >= 0.3 is 0 Å². The second-order valence-electron chi connectivity index (χ2n) is 5.76. The summed E-state index contributed by atoms with van der Waals surface area (Å²) in [5.41, 5.74) is 6.54. The standard InChI is InChI=1S/C15H20N4O/c1-15(2,3)17-14(20)12-9-10-19(18-13(12)16)11-7-5-4-6-8-11/h4-10,12H,1-3H3,(H2,16,18)(H,17,20). The lowest BCUT2D eigenvalue weighted by molar-refractivity contribution is -0.123. The highest BCUT2D eigenvalue weighted by molar-refractivity contribution is 6.05. The monoisotopic (exact) mass is 272 g/mol. The number of hydrogen-bond donors (Lipinski definition) is 2. The van der Waals surface area contributed by atoms with Crippen LogP contribution in [0.15, 0.2) is 47.7 Å². The molecule has 0 aromatic heterocycles. The molecular weight excluding hydrogens is 252 g/mol. The maximum Gasteiger partial charge on any atom is 0.235 e. The predicted molar refractivity (Wildman–Crippen MR) is 81.1 cm³/mol. The van der Waals surface area contributed by atoms with E-state index in [0.29, 0.717) is 0 Å². The third kappa shape index (κ3) is 3.38. The molecule has 1 atom stereocenters. The molecule has 0 bridgehead atoms. The third-order valence-electron chi connectivity index (χ3n) is 2.76. The molecular formula is C15H20N4O. The quantitative estimate of drug-likeness (QED) is 0.862. The van der Waals surface area contributed by atoms with Crippen LogP contribution in [0.5, 0.6) is 0 Å². The molecule has 5 heteroatoms. The molecule has 3 N–H and O–H groups in total. The molecule has 1 aliphatic rings. The van der Waals surface area contributed by atoms with Crippen molar-refractivity contribution in [2.75, 3.05) is 5.01 Å². The van der Waals surface area contributed by atoms with E-state index in [2.05, 4.69) is 10.4 Å². The molecule has 0 spiro atoms. The second kappa shape index (κ2) is 5.36. The second-order valence-corrected chi connectivity index (χ2v) is 5.76. The van der Waals surface area contributed by atoms with Crippen molar-refractivity contribution < 1.29 is 4.79 Å². The molecule has 0 fully saturated rings. The van der Waals surface area contributed by atoms with Gasteiger partial charge in [0.25, 0.3) is 0 Å². The molecule has 20 heavy (non-hydrogen) atoms. The molecule has 5 nitrogen and oxygen atoms in total. The summed E-state index contributed by atoms with van der Waals surface area (Å²) < 4.78 is 0. The van der Waals surface area contributed by atoms with Gasteiger partial charge in [0.05, 0.1) is 5.69 Å². The average molecular weight is 272 g/mol. The topological polar surface area (TPSA) is 70.7 Å². The zero-order valence-electron chi connectivity index (χ0n) is 12.0. The minimum atomic E-state index is -0.519. The Kier molecular flexibility index (Phi) is 3.79. The summed E-state index contributed by atoms with van der Waals surface area (Å²) in [4.78, 5) is 12.1. The zero-order chi connectivity index (χ0) is 14.8. The van der Waals surface area contributed by atoms with E-state index in [0.717, 1.165) is 5.69 Å². The van der Waals surface area contributed by atoms with Gasteiger partial charge in [0.1, 0.15) is 11.8 Å². The SMILES string of the molecule is CC(C)(C)NC(=O)C1C=CN(c2ccccc2)N=C1N. The smallest absolute Gasteiger partial charge is 0.235 e. The number of amidine groups is 1. The van der Waals surface area contributed by atoms with Gasteiger partial charge in [-0.1, -0.05) is 18.2 Å². The van der Waals surface area contributed by atoms with Gasteiger partial charge in [-0.3, -0.25) is 4.79 Å². The normalized spacial score (nSPS) is 18.6. The number of rotatable bonds is 2. The first kappa shape index (κ1) is 14.1. The number of hydrogen-bond acceptors (Lipinski definition) is 4. The Bertz CT molecular complexity index is 543. The number of anilines is 1. The predicted octanol–water partition coefficient (Wildman–Crippen LogP) is 1.82. The van der Waals surface area contributed by atoms with Gasteiger partial charge in [0.15, 0.2) is 0 Å². The van der Waals surface area contributed by atoms with Crippen molar-refractivity contribution in [1.29, 1.82) is 0 Å². The van der Waals surface area contributed by atoms with Gasteiger partial charge in [0, 0.05) is 11.7 Å². The Morgan fingerprint density at radius 1 is 1.30 bits per heavy atom. The molecule has 1 aromatic rings. The fourth-order valence-electron chi connectivity index (χ4n) is 1.88. The lowest BCUT2D eigenvalue weighted by atomic mass is 10.0. The summed E-state index contributed by atoms with van der Waals surface area (Å²) in [7, 11) is 0. The Labute approximate surface area is 119 Å². The van der Waals surface area contributed by atoms with E-state index < -0.39 is 5.92 Å². The first-order chi connectivity index (χ1) is 9.37. The summed E-state index contributed by atoms with van der Waals surface area (Å²) >= 11 is 0. The largest absolute Gasteiger partial charge is 0.385 e. The van der Waals surface area contributed by atoms with Crippen molar-refractivity contribution in [3.8, 4) is 0 Å². The number of carbonyl (C=O) groups excluding carboxylic acids is 1. The van der Waals surface area contributed by atoms with E-state index in [-0.39, 0.29) is 17.3 Å². The van der Waals surface area contributed by atoms with Crippen LogP contribution in [0.2, 0.25) is 0 Å². The van der Waals surface area contributed by atoms with Crippen molar-refractivity contribution in [3.63, 3.8) is 0 Å². The maximum atomic E-state index is 12.1. The summed E-state index contributed by atoms with van der Waals surface area (Å²) in [6.07, 6.45) is 3.52. The maximum absolute atomic E-state index is 12.1. The first-order valence-corrected chi connectivity index (χ1v) is 6.55. The van der Waals surface area contributed by atoms with E-state index in [1.807, 2.05) is 51.1 Å². The van der Waals surface area contributed by atoms with E-state index >= 15 is 0 Å². The van der Waals surface area contributed by atoms with Crippen molar-refractivity contribution in [2.45, 2.75) is 26.3 Å². The minimum Gasteiger partial charge on any atom is -0.385 e. The molecule has 2 rings (SSSR count). The van der Waals surface area contributed by atoms with Crippen molar-refractivity contribution >= 4 is 17.4 Å². The lowest BCUT2D eigenvalue weighted by Gasteiger charge is -2.26. The van der Waals surface area contributed by atoms with Crippen LogP contribution < -0.4 is 16.1 Å². The summed E-state index contributed by atoms with van der Waals surface area (Å²) in [6.45, 7) is 5.79. The minimum absolute atomic E-state index is 0.136. The molecule has 0 saturated heterocycles. The van der Waals surface area contributed by atoms with E-state index in [9.17, 15) is 4.79 Å². The average Bonchev–Trinajstić information content (AvgIpc) is 2.37. The van der Waals surface area contributed by atoms with Crippen molar-refractivity contribution in [3.05, 3.63) is 42.6 Å². The number of nitrogens with two attached hydrogens (primary N) is 1. The fraction of sp³-hybridized carbons (Fsp3) is 0.333. The number of carbonyl (C=O) groups is 1. The summed E-state index contributed by atoms with van der Waals surface area (Å²) in [6, 6.07) is 9.64. The van der Waals surface area contributed by atoms with Crippen LogP contribution in [0, 0.1) is 5.92 Å². The Morgan fingerprint density at radius 2 is 1.95 bits per heavy atom. The number of benzene rings is 1. The van der Waals surface area contributed by atoms with Crippen LogP contribution in [-0.2, 0) is 4.79 Å². The fourth-order valence-corrected chi connectivity index (χ4v) is 1.88. The van der Waals surface area contributed by atoms with Crippen molar-refractivity contribution in [2.24, 2.45) is 16.8 Å². The van der Waals surface area contributed by atoms with Crippen LogP contribution in [0.1, 0.15) is 20.8 Å². The first-order valence-electron chi connectivity index (χ1n) is 6.55. The Hall–Kier alpha value is -2.30. The Balaban J connectivity index is 2.12. The van der Waals surface area contributed by atoms with Crippen molar-refractivity contribution in [1.82, 2.24) is 5.32 Å². The van der Waals surface area contributed by atoms with Gasteiger partial charge in [-0.2, -0.15) is 5.10 Å². The van der Waals surface area contributed by atoms with Crippen LogP contribution in [0.4, 0.5) is 5.69 Å². The van der Waals surface area contributed by atoms with Crippen LogP contribution in [0.3, 0.4) is 0 Å². The van der Waals surface area contributed by atoms with Gasteiger partial charge in [0.2, 0.25) is 5.91 Å². The molecule has 1 amide bonds. The number of nitrogens with one attached hydrogen (secondary N) is 1. The number of nitrogens with zero attached hydrogens (tertiary/aromatic N) is 2. The van der Waals surface area contributed by atoms with Gasteiger partial charge in [-0.25, -0.2) is 5.01 Å². The highest BCUT2D eigenvalue weighted by atomic mass is 16.2. The molecule has 0 radical (unpaired) electrons. The summed E-state index contributed by atoms with van der Waals surface area (Å²) in [5, 5.41) is 8.83. The zero-order valence-corrected chi connectivity index (χ0v) is 12.0. The van der Waals surface area contributed by atoms with Crippen LogP contribution >= 0.6 is 0 Å². The highest BCUT2D eigenvalue weighted by Crippen LogP contribution is 2.19. The molecule has 1 unspecified atom stereocenters. The van der Waals surface area contributed by atoms with E-state index in [4.69, 9.17) is 5.73 Å². The molecule has 1 aromatic carbocycles. The molecule has 106 valence electrons. The van der Waals surface area contributed by atoms with E-state index in [1.165, 1.54) is 0 Å². The number of amides is 1. The summed E-state index contributed by atoms with van der Waals surface area (Å²) in [5.74, 6) is -0.366. The van der Waals surface area contributed by atoms with Gasteiger partial charge in [-0.15, -0.1) is 0 Å². The molecule has 0 saturated carbocycles. The lowest BCUT2D eigenvalue weighted by Crippen LogP contribution is -2.47. The molecule has 1 aliphatic heterocycles. The van der Waals surface area contributed by atoms with Crippen LogP contribution in [-0.4, -0.2) is 17.3 Å². The van der Waals surface area contributed by atoms with E-state index in [1.54, 1.807) is 17.3 Å². The number of para-hydroxylation sites is 1.